The molecule has 0 saturated carbocycles. The third-order valence-corrected chi connectivity index (χ3v) is 7.22. The third-order valence-electron chi connectivity index (χ3n) is 7.22. The van der Waals surface area contributed by atoms with Gasteiger partial charge in [0.25, 0.3) is 11.7 Å². The number of ether oxygens (including phenoxy) is 3. The number of unbranched alkanes of at least 4 members (excludes halogenated alkanes) is 2. The van der Waals surface area contributed by atoms with Crippen molar-refractivity contribution in [2.24, 2.45) is 0 Å². The predicted molar refractivity (Wildman–Crippen MR) is 157 cm³/mol. The van der Waals surface area contributed by atoms with Crippen molar-refractivity contribution in [1.82, 2.24) is 9.80 Å². The maximum atomic E-state index is 13.5. The Bertz CT molecular complexity index is 1170. The van der Waals surface area contributed by atoms with Crippen LogP contribution in [-0.4, -0.2) is 73.1 Å². The number of carbonyl (C=O) groups excluding carboxylic acids is 2. The fourth-order valence-electron chi connectivity index (χ4n) is 4.77. The van der Waals surface area contributed by atoms with Crippen LogP contribution in [0, 0.1) is 0 Å². The Hall–Kier alpha value is -3.52. The smallest absolute Gasteiger partial charge is 0.295 e. The Morgan fingerprint density at radius 1 is 0.925 bits per heavy atom. The largest absolute Gasteiger partial charge is 0.507 e. The van der Waals surface area contributed by atoms with E-state index in [-0.39, 0.29) is 11.3 Å². The lowest BCUT2D eigenvalue weighted by Gasteiger charge is -2.28. The number of methoxy groups -OCH3 is 1. The van der Waals surface area contributed by atoms with Crippen molar-refractivity contribution in [3.05, 3.63) is 59.2 Å². The van der Waals surface area contributed by atoms with Crippen molar-refractivity contribution in [1.29, 1.82) is 0 Å². The van der Waals surface area contributed by atoms with E-state index in [4.69, 9.17) is 14.2 Å². The summed E-state index contributed by atoms with van der Waals surface area (Å²) >= 11 is 0. The molecule has 1 atom stereocenters. The molecule has 1 aliphatic rings. The van der Waals surface area contributed by atoms with Gasteiger partial charge >= 0.3 is 0 Å². The van der Waals surface area contributed by atoms with Gasteiger partial charge < -0.3 is 29.1 Å². The zero-order chi connectivity index (χ0) is 29.1. The first-order valence-electron chi connectivity index (χ1n) is 14.4. The highest BCUT2D eigenvalue weighted by Gasteiger charge is 2.46. The van der Waals surface area contributed by atoms with Crippen molar-refractivity contribution >= 4 is 17.4 Å². The van der Waals surface area contributed by atoms with Crippen molar-refractivity contribution in [2.45, 2.75) is 59.4 Å². The van der Waals surface area contributed by atoms with Crippen LogP contribution in [0.25, 0.3) is 5.76 Å². The van der Waals surface area contributed by atoms with Crippen molar-refractivity contribution < 1.29 is 28.9 Å². The molecule has 1 aliphatic heterocycles. The number of ketones is 1. The Labute approximate surface area is 238 Å². The number of nitrogens with zero attached hydrogens (tertiary/aromatic N) is 2. The van der Waals surface area contributed by atoms with E-state index in [1.54, 1.807) is 42.3 Å². The summed E-state index contributed by atoms with van der Waals surface area (Å²) in [5.74, 6) is 0.140. The minimum Gasteiger partial charge on any atom is -0.507 e. The molecule has 1 unspecified atom stereocenters. The average Bonchev–Trinajstić information content (AvgIpc) is 3.23. The van der Waals surface area contributed by atoms with Crippen LogP contribution in [0.3, 0.4) is 0 Å². The van der Waals surface area contributed by atoms with Gasteiger partial charge in [0.2, 0.25) is 0 Å². The quantitative estimate of drug-likeness (QED) is 0.122. The molecule has 0 spiro atoms. The number of amides is 1. The molecule has 40 heavy (non-hydrogen) atoms. The lowest BCUT2D eigenvalue weighted by molar-refractivity contribution is -0.140. The normalized spacial score (nSPS) is 16.6. The Balaban J connectivity index is 2.08. The van der Waals surface area contributed by atoms with Gasteiger partial charge in [0, 0.05) is 18.7 Å². The number of hydrogen-bond donors (Lipinski definition) is 1. The zero-order valence-corrected chi connectivity index (χ0v) is 24.6. The van der Waals surface area contributed by atoms with Gasteiger partial charge in [-0.3, -0.25) is 9.59 Å². The van der Waals surface area contributed by atoms with Gasteiger partial charge in [-0.15, -0.1) is 0 Å². The maximum absolute atomic E-state index is 13.5. The van der Waals surface area contributed by atoms with Gasteiger partial charge in [-0.2, -0.15) is 0 Å². The highest BCUT2D eigenvalue weighted by molar-refractivity contribution is 6.46. The molecule has 0 aromatic heterocycles. The van der Waals surface area contributed by atoms with Crippen LogP contribution >= 0.6 is 0 Å². The summed E-state index contributed by atoms with van der Waals surface area (Å²) in [5, 5.41) is 11.5. The molecule has 1 amide bonds. The molecular formula is C32H44N2O6. The minimum absolute atomic E-state index is 0.0527. The molecule has 218 valence electrons. The molecule has 2 aromatic carbocycles. The molecule has 1 heterocycles. The Morgan fingerprint density at radius 3 is 2.27 bits per heavy atom. The molecule has 0 bridgehead atoms. The van der Waals surface area contributed by atoms with Gasteiger partial charge in [-0.1, -0.05) is 58.7 Å². The second kappa shape index (κ2) is 15.3. The minimum atomic E-state index is -0.779. The first kappa shape index (κ1) is 31.0. The second-order valence-corrected chi connectivity index (χ2v) is 9.86. The molecule has 1 N–H and O–H groups in total. The molecule has 0 radical (unpaired) electrons. The SMILES string of the molecule is CCCCOc1cccc(/C(O)=C2\C(=O)C(=O)N(CCN(CC)CC)C2c2ccc(OCCCC)c(OC)c2)c1. The van der Waals surface area contributed by atoms with Crippen LogP contribution in [0.15, 0.2) is 48.0 Å². The zero-order valence-electron chi connectivity index (χ0n) is 24.6. The van der Waals surface area contributed by atoms with Gasteiger partial charge in [0.05, 0.1) is 31.9 Å². The third kappa shape index (κ3) is 7.36. The molecule has 2 aromatic rings. The van der Waals surface area contributed by atoms with Crippen molar-refractivity contribution in [3.8, 4) is 17.2 Å². The van der Waals surface area contributed by atoms with E-state index < -0.39 is 17.7 Å². The summed E-state index contributed by atoms with van der Waals surface area (Å²) in [7, 11) is 1.56. The van der Waals surface area contributed by atoms with Crippen LogP contribution < -0.4 is 14.2 Å². The van der Waals surface area contributed by atoms with E-state index in [2.05, 4.69) is 32.6 Å². The van der Waals surface area contributed by atoms with Crippen molar-refractivity contribution in [2.75, 3.05) is 46.5 Å². The van der Waals surface area contributed by atoms with Crippen LogP contribution in [0.4, 0.5) is 0 Å². The topological polar surface area (TPSA) is 88.5 Å². The van der Waals surface area contributed by atoms with Gasteiger partial charge in [0.15, 0.2) is 11.5 Å². The summed E-state index contributed by atoms with van der Waals surface area (Å²) < 4.78 is 17.4. The van der Waals surface area contributed by atoms with E-state index in [1.165, 1.54) is 0 Å². The number of likely N-dealkylation sites (N-methyl/N-ethyl adjacent to an activating group) is 1. The number of hydrogen-bond acceptors (Lipinski definition) is 7. The monoisotopic (exact) mass is 552 g/mol. The number of Topliss-reactive ketones (excluding diaryl/α,β-unsaturated/α-hetero) is 1. The molecule has 8 heteroatoms. The maximum Gasteiger partial charge on any atom is 0.295 e. The fourth-order valence-corrected chi connectivity index (χ4v) is 4.77. The number of rotatable bonds is 16. The van der Waals surface area contributed by atoms with Crippen molar-refractivity contribution in [3.63, 3.8) is 0 Å². The Kier molecular flexibility index (Phi) is 11.9. The van der Waals surface area contributed by atoms with E-state index in [9.17, 15) is 14.7 Å². The Morgan fingerprint density at radius 2 is 1.62 bits per heavy atom. The average molecular weight is 553 g/mol. The molecule has 8 nitrogen and oxygen atoms in total. The van der Waals surface area contributed by atoms with Crippen LogP contribution in [-0.2, 0) is 9.59 Å². The number of benzene rings is 2. The highest BCUT2D eigenvalue weighted by Crippen LogP contribution is 2.42. The standard InChI is InChI=1S/C32H44N2O6/c1-6-10-19-39-25-14-12-13-24(21-25)30(35)28-29(34(32(37)31(28)36)18-17-33(8-3)9-4)23-15-16-26(27(22-23)38-5)40-20-11-7-2/h12-16,21-22,29,35H,6-11,17-20H2,1-5H3/b30-28+. The number of aliphatic hydroxyl groups is 1. The molecule has 1 saturated heterocycles. The van der Waals surface area contributed by atoms with Gasteiger partial charge in [-0.05, 0) is 55.8 Å². The lowest BCUT2D eigenvalue weighted by Crippen LogP contribution is -2.38. The highest BCUT2D eigenvalue weighted by atomic mass is 16.5. The van der Waals surface area contributed by atoms with E-state index in [0.717, 1.165) is 38.8 Å². The fraction of sp³-hybridized carbons (Fsp3) is 0.500. The number of likely N-dealkylation sites (tertiary alicyclic amines) is 1. The molecule has 1 fully saturated rings. The molecule has 0 aliphatic carbocycles. The van der Waals surface area contributed by atoms with E-state index >= 15 is 0 Å². The van der Waals surface area contributed by atoms with Crippen LogP contribution in [0.5, 0.6) is 17.2 Å². The summed E-state index contributed by atoms with van der Waals surface area (Å²) in [6.07, 6.45) is 3.83. The first-order valence-corrected chi connectivity index (χ1v) is 14.4. The predicted octanol–water partition coefficient (Wildman–Crippen LogP) is 5.82. The van der Waals surface area contributed by atoms with Gasteiger partial charge in [0.1, 0.15) is 11.5 Å². The van der Waals surface area contributed by atoms with E-state index in [1.807, 2.05) is 12.1 Å². The molecular weight excluding hydrogens is 508 g/mol. The summed E-state index contributed by atoms with van der Waals surface area (Å²) in [6, 6.07) is 11.7. The molecule has 3 rings (SSSR count). The van der Waals surface area contributed by atoms with Crippen LogP contribution in [0.1, 0.15) is 70.5 Å². The summed E-state index contributed by atoms with van der Waals surface area (Å²) in [5.41, 5.74) is 1.14. The second-order valence-electron chi connectivity index (χ2n) is 9.86. The summed E-state index contributed by atoms with van der Waals surface area (Å²) in [4.78, 5) is 30.6. The van der Waals surface area contributed by atoms with E-state index in [0.29, 0.717) is 54.7 Å². The number of aliphatic hydroxyl groups excluding tert-OH is 1. The first-order chi connectivity index (χ1) is 19.4. The summed E-state index contributed by atoms with van der Waals surface area (Å²) in [6.45, 7) is 12.0. The lowest BCUT2D eigenvalue weighted by atomic mass is 9.95. The van der Waals surface area contributed by atoms with Crippen LogP contribution in [0.2, 0.25) is 0 Å². The van der Waals surface area contributed by atoms with Gasteiger partial charge in [-0.25, -0.2) is 0 Å². The number of carbonyl (C=O) groups is 2.